The number of piperazine rings is 1. The number of benzene rings is 3. The molecule has 0 N–H and O–H groups in total. The maximum atomic E-state index is 13.5. The SMILES string of the molecule is Cc1ccc(S(=O)(=O)c2nnn3c2nc(N2CCN(c4cccc(Cl)c4)CC2)c2ccccc23)cc1. The summed E-state index contributed by atoms with van der Waals surface area (Å²) in [6.45, 7) is 4.93. The first-order valence-corrected chi connectivity index (χ1v) is 13.5. The molecule has 1 fully saturated rings. The summed E-state index contributed by atoms with van der Waals surface area (Å²) in [7, 11) is -3.90. The van der Waals surface area contributed by atoms with Crippen LogP contribution in [0.4, 0.5) is 11.5 Å². The molecule has 0 atom stereocenters. The molecule has 182 valence electrons. The van der Waals surface area contributed by atoms with Crippen LogP contribution in [0, 0.1) is 6.92 Å². The van der Waals surface area contributed by atoms with Crippen molar-refractivity contribution in [3.8, 4) is 0 Å². The van der Waals surface area contributed by atoms with Crippen LogP contribution in [-0.4, -0.2) is 54.4 Å². The third-order valence-electron chi connectivity index (χ3n) is 6.54. The van der Waals surface area contributed by atoms with Gasteiger partial charge in [0.05, 0.1) is 10.4 Å². The van der Waals surface area contributed by atoms with Crippen molar-refractivity contribution in [3.05, 3.63) is 83.4 Å². The van der Waals surface area contributed by atoms with Crippen LogP contribution >= 0.6 is 11.6 Å². The molecule has 0 amide bonds. The summed E-state index contributed by atoms with van der Waals surface area (Å²) in [6, 6.07) is 22.3. The fourth-order valence-electron chi connectivity index (χ4n) is 4.62. The summed E-state index contributed by atoms with van der Waals surface area (Å²) in [5.74, 6) is 0.728. The zero-order chi connectivity index (χ0) is 24.9. The summed E-state index contributed by atoms with van der Waals surface area (Å²) in [4.78, 5) is 9.50. The van der Waals surface area contributed by atoms with Gasteiger partial charge >= 0.3 is 0 Å². The second-order valence-corrected chi connectivity index (χ2v) is 11.2. The lowest BCUT2D eigenvalue weighted by molar-refractivity contribution is 0.592. The van der Waals surface area contributed by atoms with Crippen LogP contribution in [0.25, 0.3) is 16.6 Å². The summed E-state index contributed by atoms with van der Waals surface area (Å²) in [5.41, 5.74) is 3.04. The predicted molar refractivity (Wildman–Crippen MR) is 141 cm³/mol. The van der Waals surface area contributed by atoms with E-state index in [0.717, 1.165) is 54.2 Å². The number of hydrogen-bond donors (Lipinski definition) is 0. The first-order valence-electron chi connectivity index (χ1n) is 11.6. The minimum atomic E-state index is -3.90. The molecule has 3 aromatic carbocycles. The van der Waals surface area contributed by atoms with Crippen molar-refractivity contribution in [2.45, 2.75) is 16.8 Å². The van der Waals surface area contributed by atoms with Crippen LogP contribution in [0.2, 0.25) is 5.02 Å². The molecule has 2 aromatic heterocycles. The van der Waals surface area contributed by atoms with Crippen LogP contribution in [0.5, 0.6) is 0 Å². The molecule has 1 saturated heterocycles. The fraction of sp³-hybridized carbons (Fsp3) is 0.192. The zero-order valence-electron chi connectivity index (χ0n) is 19.5. The minimum absolute atomic E-state index is 0.143. The Morgan fingerprint density at radius 1 is 0.861 bits per heavy atom. The third-order valence-corrected chi connectivity index (χ3v) is 8.44. The van der Waals surface area contributed by atoms with Gasteiger partial charge in [-0.15, -0.1) is 5.10 Å². The van der Waals surface area contributed by atoms with E-state index in [9.17, 15) is 8.42 Å². The van der Waals surface area contributed by atoms with Crippen LogP contribution in [0.1, 0.15) is 5.56 Å². The molecule has 5 aromatic rings. The Kier molecular flexibility index (Phi) is 5.54. The van der Waals surface area contributed by atoms with Crippen LogP contribution in [0.15, 0.2) is 82.7 Å². The van der Waals surface area contributed by atoms with Gasteiger partial charge in [0, 0.05) is 42.3 Å². The van der Waals surface area contributed by atoms with Gasteiger partial charge in [0.25, 0.3) is 0 Å². The lowest BCUT2D eigenvalue weighted by Crippen LogP contribution is -2.47. The molecular formula is C26H23ClN6O2S. The summed E-state index contributed by atoms with van der Waals surface area (Å²) < 4.78 is 28.5. The number of anilines is 2. The highest BCUT2D eigenvalue weighted by atomic mass is 35.5. The Balaban J connectivity index is 1.42. The summed E-state index contributed by atoms with van der Waals surface area (Å²) >= 11 is 6.19. The molecule has 0 radical (unpaired) electrons. The Morgan fingerprint density at radius 3 is 2.33 bits per heavy atom. The van der Waals surface area contributed by atoms with E-state index >= 15 is 0 Å². The topological polar surface area (TPSA) is 83.7 Å². The molecule has 0 unspecified atom stereocenters. The first kappa shape index (κ1) is 22.8. The van der Waals surface area contributed by atoms with Gasteiger partial charge in [0.2, 0.25) is 14.9 Å². The minimum Gasteiger partial charge on any atom is -0.368 e. The van der Waals surface area contributed by atoms with Crippen molar-refractivity contribution >= 4 is 49.5 Å². The van der Waals surface area contributed by atoms with Crippen molar-refractivity contribution in [2.75, 3.05) is 36.0 Å². The predicted octanol–water partition coefficient (Wildman–Crippen LogP) is 4.40. The van der Waals surface area contributed by atoms with Crippen molar-refractivity contribution in [1.29, 1.82) is 0 Å². The van der Waals surface area contributed by atoms with E-state index < -0.39 is 9.84 Å². The number of nitrogens with zero attached hydrogens (tertiary/aromatic N) is 6. The number of sulfone groups is 1. The Bertz CT molecular complexity index is 1690. The molecule has 8 nitrogen and oxygen atoms in total. The summed E-state index contributed by atoms with van der Waals surface area (Å²) in [5, 5.41) is 9.74. The fourth-order valence-corrected chi connectivity index (χ4v) is 6.04. The largest absolute Gasteiger partial charge is 0.368 e. The van der Waals surface area contributed by atoms with Crippen molar-refractivity contribution in [1.82, 2.24) is 19.8 Å². The van der Waals surface area contributed by atoms with Gasteiger partial charge < -0.3 is 9.80 Å². The Morgan fingerprint density at radius 2 is 1.58 bits per heavy atom. The molecular weight excluding hydrogens is 496 g/mol. The monoisotopic (exact) mass is 518 g/mol. The molecule has 3 heterocycles. The van der Waals surface area contributed by atoms with E-state index in [-0.39, 0.29) is 15.6 Å². The lowest BCUT2D eigenvalue weighted by atomic mass is 10.2. The maximum Gasteiger partial charge on any atom is 0.229 e. The molecule has 0 saturated carbocycles. The van der Waals surface area contributed by atoms with E-state index in [1.165, 1.54) is 4.52 Å². The van der Waals surface area contributed by atoms with Gasteiger partial charge in [-0.3, -0.25) is 0 Å². The van der Waals surface area contributed by atoms with Crippen LogP contribution < -0.4 is 9.80 Å². The van der Waals surface area contributed by atoms with Gasteiger partial charge in [0.15, 0.2) is 5.65 Å². The van der Waals surface area contributed by atoms with Gasteiger partial charge in [-0.05, 0) is 49.4 Å². The second-order valence-electron chi connectivity index (χ2n) is 8.85. The molecule has 1 aliphatic rings. The smallest absolute Gasteiger partial charge is 0.229 e. The standard InChI is InChI=1S/C26H23ClN6O2S/c1-18-9-11-21(12-10-18)36(34,35)26-25-28-24(22-7-2-3-8-23(22)33(25)30-29-26)32-15-13-31(14-16-32)20-6-4-5-19(27)17-20/h2-12,17H,13-16H2,1H3. The second kappa shape index (κ2) is 8.76. The average Bonchev–Trinajstić information content (AvgIpc) is 3.34. The summed E-state index contributed by atoms with van der Waals surface area (Å²) in [6.07, 6.45) is 0. The molecule has 0 aliphatic carbocycles. The number of fused-ring (bicyclic) bond motifs is 3. The van der Waals surface area contributed by atoms with E-state index in [2.05, 4.69) is 26.2 Å². The Labute approximate surface area is 213 Å². The molecule has 6 rings (SSSR count). The van der Waals surface area contributed by atoms with E-state index in [1.54, 1.807) is 24.3 Å². The Hall–Kier alpha value is -3.69. The molecule has 36 heavy (non-hydrogen) atoms. The van der Waals surface area contributed by atoms with Crippen LogP contribution in [-0.2, 0) is 9.84 Å². The average molecular weight is 519 g/mol. The number of halogens is 1. The normalized spacial score (nSPS) is 14.6. The zero-order valence-corrected chi connectivity index (χ0v) is 21.1. The number of para-hydroxylation sites is 1. The molecule has 0 spiro atoms. The quantitative estimate of drug-likeness (QED) is 0.348. The van der Waals surface area contributed by atoms with Gasteiger partial charge in [-0.2, -0.15) is 4.52 Å². The highest BCUT2D eigenvalue weighted by Gasteiger charge is 2.28. The van der Waals surface area contributed by atoms with E-state index in [1.807, 2.05) is 49.4 Å². The van der Waals surface area contributed by atoms with E-state index in [4.69, 9.17) is 16.6 Å². The highest BCUT2D eigenvalue weighted by Crippen LogP contribution is 2.31. The first-order chi connectivity index (χ1) is 17.4. The van der Waals surface area contributed by atoms with E-state index in [0.29, 0.717) is 5.02 Å². The van der Waals surface area contributed by atoms with Crippen molar-refractivity contribution < 1.29 is 8.42 Å². The van der Waals surface area contributed by atoms with Crippen molar-refractivity contribution in [3.63, 3.8) is 0 Å². The number of hydrogen-bond acceptors (Lipinski definition) is 7. The number of aromatic nitrogens is 4. The molecule has 1 aliphatic heterocycles. The highest BCUT2D eigenvalue weighted by molar-refractivity contribution is 7.91. The molecule has 10 heteroatoms. The van der Waals surface area contributed by atoms with Gasteiger partial charge in [-0.1, -0.05) is 52.7 Å². The number of rotatable bonds is 4. The van der Waals surface area contributed by atoms with Gasteiger partial charge in [0.1, 0.15) is 5.82 Å². The number of aryl methyl sites for hydroxylation is 1. The maximum absolute atomic E-state index is 13.5. The molecule has 0 bridgehead atoms. The third kappa shape index (κ3) is 3.84. The van der Waals surface area contributed by atoms with Crippen LogP contribution in [0.3, 0.4) is 0 Å². The van der Waals surface area contributed by atoms with Crippen molar-refractivity contribution in [2.24, 2.45) is 0 Å². The van der Waals surface area contributed by atoms with Gasteiger partial charge in [-0.25, -0.2) is 13.4 Å². The lowest BCUT2D eigenvalue weighted by Gasteiger charge is -2.37.